The maximum Gasteiger partial charge on any atom is 0.239 e. The van der Waals surface area contributed by atoms with Gasteiger partial charge in [-0.2, -0.15) is 0 Å². The normalized spacial score (nSPS) is 32.7. The number of rotatable bonds is 3. The van der Waals surface area contributed by atoms with Crippen molar-refractivity contribution in [3.8, 4) is 0 Å². The fourth-order valence-corrected chi connectivity index (χ4v) is 3.21. The molecule has 2 heterocycles. The molecule has 0 spiro atoms. The molecule has 0 aromatic rings. The number of nitrogens with one attached hydrogen (secondary N) is 1. The van der Waals surface area contributed by atoms with Crippen LogP contribution in [0.2, 0.25) is 0 Å². The molecule has 2 aliphatic heterocycles. The molecule has 3 fully saturated rings. The molecule has 2 atom stereocenters. The second-order valence-electron chi connectivity index (χ2n) is 6.18. The lowest BCUT2D eigenvalue weighted by Crippen LogP contribution is -2.53. The monoisotopic (exact) mass is 265 g/mol. The van der Waals surface area contributed by atoms with Gasteiger partial charge in [-0.25, -0.2) is 0 Å². The fourth-order valence-electron chi connectivity index (χ4n) is 3.21. The molecule has 5 nitrogen and oxygen atoms in total. The number of likely N-dealkylation sites (N-methyl/N-ethyl adjacent to an activating group) is 1. The van der Waals surface area contributed by atoms with Gasteiger partial charge in [0, 0.05) is 32.1 Å². The molecule has 0 bridgehead atoms. The first-order valence-corrected chi connectivity index (χ1v) is 7.44. The Labute approximate surface area is 114 Å². The highest BCUT2D eigenvalue weighted by Crippen LogP contribution is 2.29. The van der Waals surface area contributed by atoms with Gasteiger partial charge in [-0.3, -0.25) is 14.5 Å². The smallest absolute Gasteiger partial charge is 0.239 e. The quantitative estimate of drug-likeness (QED) is 0.793. The van der Waals surface area contributed by atoms with Crippen molar-refractivity contribution in [2.75, 3.05) is 26.7 Å². The summed E-state index contributed by atoms with van der Waals surface area (Å²) in [5.74, 6) is 0.741. The SMILES string of the molecule is CN1CCC(N2CCCC(NC(=O)C3CC3)C2)C1=O. The Morgan fingerprint density at radius 2 is 2.00 bits per heavy atom. The minimum Gasteiger partial charge on any atom is -0.352 e. The largest absolute Gasteiger partial charge is 0.352 e. The van der Waals surface area contributed by atoms with Crippen LogP contribution in [-0.4, -0.2) is 60.4 Å². The number of hydrogen-bond donors (Lipinski definition) is 1. The first-order valence-electron chi connectivity index (χ1n) is 7.44. The molecule has 5 heteroatoms. The second kappa shape index (κ2) is 5.12. The van der Waals surface area contributed by atoms with E-state index in [1.54, 1.807) is 0 Å². The van der Waals surface area contributed by atoms with Crippen LogP contribution >= 0.6 is 0 Å². The lowest BCUT2D eigenvalue weighted by molar-refractivity contribution is -0.131. The number of carbonyl (C=O) groups is 2. The van der Waals surface area contributed by atoms with Crippen LogP contribution in [-0.2, 0) is 9.59 Å². The van der Waals surface area contributed by atoms with Gasteiger partial charge < -0.3 is 10.2 Å². The van der Waals surface area contributed by atoms with Crippen LogP contribution in [0, 0.1) is 5.92 Å². The van der Waals surface area contributed by atoms with E-state index in [-0.39, 0.29) is 29.8 Å². The van der Waals surface area contributed by atoms with E-state index in [1.807, 2.05) is 11.9 Å². The molecule has 2 saturated heterocycles. The lowest BCUT2D eigenvalue weighted by Gasteiger charge is -2.36. The third-order valence-electron chi connectivity index (χ3n) is 4.59. The molecule has 3 rings (SSSR count). The van der Waals surface area contributed by atoms with E-state index >= 15 is 0 Å². The van der Waals surface area contributed by atoms with Gasteiger partial charge in [0.25, 0.3) is 0 Å². The lowest BCUT2D eigenvalue weighted by atomic mass is 10.0. The van der Waals surface area contributed by atoms with Crippen molar-refractivity contribution >= 4 is 11.8 Å². The molecular formula is C14H23N3O2. The summed E-state index contributed by atoms with van der Waals surface area (Å²) in [4.78, 5) is 27.9. The zero-order valence-corrected chi connectivity index (χ0v) is 11.6. The Morgan fingerprint density at radius 3 is 2.63 bits per heavy atom. The maximum atomic E-state index is 12.0. The average molecular weight is 265 g/mol. The topological polar surface area (TPSA) is 52.6 Å². The number of piperidine rings is 1. The molecule has 0 radical (unpaired) electrons. The number of hydrogen-bond acceptors (Lipinski definition) is 3. The Balaban J connectivity index is 1.55. The minimum absolute atomic E-state index is 0.0469. The van der Waals surface area contributed by atoms with Crippen molar-refractivity contribution in [3.63, 3.8) is 0 Å². The predicted octanol–water partition coefficient (Wildman–Crippen LogP) is 0.208. The maximum absolute atomic E-state index is 12.0. The molecule has 3 aliphatic rings. The van der Waals surface area contributed by atoms with Crippen LogP contribution in [0.3, 0.4) is 0 Å². The molecular weight excluding hydrogens is 242 g/mol. The van der Waals surface area contributed by atoms with Crippen molar-refractivity contribution in [2.45, 2.75) is 44.2 Å². The number of likely N-dealkylation sites (tertiary alicyclic amines) is 2. The van der Waals surface area contributed by atoms with Crippen molar-refractivity contribution in [1.82, 2.24) is 15.1 Å². The molecule has 19 heavy (non-hydrogen) atoms. The number of nitrogens with zero attached hydrogens (tertiary/aromatic N) is 2. The van der Waals surface area contributed by atoms with Crippen LogP contribution in [0.1, 0.15) is 32.1 Å². The summed E-state index contributed by atoms with van der Waals surface area (Å²) in [6.45, 7) is 2.68. The third kappa shape index (κ3) is 2.76. The average Bonchev–Trinajstić information content (AvgIpc) is 3.18. The van der Waals surface area contributed by atoms with Crippen LogP contribution in [0.5, 0.6) is 0 Å². The Bertz CT molecular complexity index is 381. The molecule has 2 amide bonds. The van der Waals surface area contributed by atoms with Crippen molar-refractivity contribution in [2.24, 2.45) is 5.92 Å². The third-order valence-corrected chi connectivity index (χ3v) is 4.59. The van der Waals surface area contributed by atoms with Crippen molar-refractivity contribution in [1.29, 1.82) is 0 Å². The number of amides is 2. The summed E-state index contributed by atoms with van der Waals surface area (Å²) in [6, 6.07) is 0.284. The molecule has 0 aromatic heterocycles. The standard InChI is InChI=1S/C14H23N3O2/c1-16-8-6-12(14(16)19)17-7-2-3-11(9-17)15-13(18)10-4-5-10/h10-12H,2-9H2,1H3,(H,15,18). The van der Waals surface area contributed by atoms with Gasteiger partial charge in [0.05, 0.1) is 6.04 Å². The minimum atomic E-state index is 0.0469. The summed E-state index contributed by atoms with van der Waals surface area (Å²) in [5.41, 5.74) is 0. The molecule has 1 aliphatic carbocycles. The van der Waals surface area contributed by atoms with Gasteiger partial charge in [0.1, 0.15) is 0 Å². The van der Waals surface area contributed by atoms with Gasteiger partial charge >= 0.3 is 0 Å². The van der Waals surface area contributed by atoms with Crippen LogP contribution < -0.4 is 5.32 Å². The van der Waals surface area contributed by atoms with E-state index in [9.17, 15) is 9.59 Å². The van der Waals surface area contributed by atoms with E-state index in [2.05, 4.69) is 10.2 Å². The van der Waals surface area contributed by atoms with E-state index in [1.165, 1.54) is 0 Å². The van der Waals surface area contributed by atoms with E-state index < -0.39 is 0 Å². The molecule has 1 saturated carbocycles. The summed E-state index contributed by atoms with van der Waals surface area (Å²) >= 11 is 0. The molecule has 1 N–H and O–H groups in total. The van der Waals surface area contributed by atoms with Gasteiger partial charge in [0.15, 0.2) is 0 Å². The predicted molar refractivity (Wildman–Crippen MR) is 71.5 cm³/mol. The van der Waals surface area contributed by atoms with E-state index in [4.69, 9.17) is 0 Å². The summed E-state index contributed by atoms with van der Waals surface area (Å²) in [7, 11) is 1.87. The Hall–Kier alpha value is -1.10. The van der Waals surface area contributed by atoms with Gasteiger partial charge in [-0.05, 0) is 38.6 Å². The first-order chi connectivity index (χ1) is 9.15. The molecule has 2 unspecified atom stereocenters. The van der Waals surface area contributed by atoms with Crippen LogP contribution in [0.4, 0.5) is 0 Å². The van der Waals surface area contributed by atoms with Crippen LogP contribution in [0.15, 0.2) is 0 Å². The number of carbonyl (C=O) groups excluding carboxylic acids is 2. The molecule has 0 aromatic carbocycles. The summed E-state index contributed by atoms with van der Waals surface area (Å²) in [6.07, 6.45) is 5.15. The van der Waals surface area contributed by atoms with Gasteiger partial charge in [-0.15, -0.1) is 0 Å². The van der Waals surface area contributed by atoms with Crippen molar-refractivity contribution in [3.05, 3.63) is 0 Å². The zero-order valence-electron chi connectivity index (χ0n) is 11.6. The highest BCUT2D eigenvalue weighted by molar-refractivity contribution is 5.83. The van der Waals surface area contributed by atoms with Gasteiger partial charge in [0.2, 0.25) is 11.8 Å². The zero-order chi connectivity index (χ0) is 13.4. The van der Waals surface area contributed by atoms with E-state index in [0.717, 1.165) is 51.7 Å². The highest BCUT2D eigenvalue weighted by Gasteiger charge is 2.37. The summed E-state index contributed by atoms with van der Waals surface area (Å²) < 4.78 is 0. The van der Waals surface area contributed by atoms with Crippen molar-refractivity contribution < 1.29 is 9.59 Å². The molecule has 106 valence electrons. The summed E-state index contributed by atoms with van der Waals surface area (Å²) in [5, 5.41) is 3.15. The van der Waals surface area contributed by atoms with Crippen LogP contribution in [0.25, 0.3) is 0 Å². The Morgan fingerprint density at radius 1 is 1.21 bits per heavy atom. The van der Waals surface area contributed by atoms with E-state index in [0.29, 0.717) is 0 Å². The van der Waals surface area contributed by atoms with Gasteiger partial charge in [-0.1, -0.05) is 0 Å². The second-order valence-corrected chi connectivity index (χ2v) is 6.18. The fraction of sp³-hybridized carbons (Fsp3) is 0.857. The highest BCUT2D eigenvalue weighted by atomic mass is 16.2. The first kappa shape index (κ1) is 12.9. The Kier molecular flexibility index (Phi) is 3.48.